The first-order chi connectivity index (χ1) is 8.56. The second-order valence-corrected chi connectivity index (χ2v) is 4.55. The van der Waals surface area contributed by atoms with Crippen LogP contribution in [0.1, 0.15) is 24.2 Å². The molecule has 18 heavy (non-hydrogen) atoms. The second kappa shape index (κ2) is 5.38. The smallest absolute Gasteiger partial charge is 0.219 e. The number of aliphatic hydroxyl groups excluding tert-OH is 1. The Kier molecular flexibility index (Phi) is 3.84. The molecule has 1 aromatic heterocycles. The predicted molar refractivity (Wildman–Crippen MR) is 71.1 cm³/mol. The Labute approximate surface area is 111 Å². The van der Waals surface area contributed by atoms with Gasteiger partial charge in [-0.2, -0.15) is 0 Å². The Balaban J connectivity index is 2.25. The third-order valence-corrected chi connectivity index (χ3v) is 2.83. The van der Waals surface area contributed by atoms with Crippen LogP contribution in [0.15, 0.2) is 36.5 Å². The molecule has 1 unspecified atom stereocenters. The number of nitrogens with zero attached hydrogens (tertiary/aromatic N) is 1. The van der Waals surface area contributed by atoms with Gasteiger partial charge in [-0.05, 0) is 49.2 Å². The van der Waals surface area contributed by atoms with Crippen LogP contribution in [0.25, 0.3) is 0 Å². The van der Waals surface area contributed by atoms with Gasteiger partial charge in [0.2, 0.25) is 5.88 Å². The average molecular weight is 264 g/mol. The fraction of sp³-hybridized carbons (Fsp3) is 0.214. The molecule has 0 spiro atoms. The summed E-state index contributed by atoms with van der Waals surface area (Å²) < 4.78 is 5.67. The van der Waals surface area contributed by atoms with Crippen LogP contribution in [0.4, 0.5) is 0 Å². The number of halogens is 1. The number of hydrogen-bond acceptors (Lipinski definition) is 3. The minimum Gasteiger partial charge on any atom is -0.439 e. The minimum atomic E-state index is -0.540. The van der Waals surface area contributed by atoms with Gasteiger partial charge in [-0.3, -0.25) is 0 Å². The van der Waals surface area contributed by atoms with Crippen molar-refractivity contribution in [2.75, 3.05) is 0 Å². The minimum absolute atomic E-state index is 0.457. The number of ether oxygens (including phenoxy) is 1. The summed E-state index contributed by atoms with van der Waals surface area (Å²) in [7, 11) is 0. The van der Waals surface area contributed by atoms with E-state index in [9.17, 15) is 5.11 Å². The van der Waals surface area contributed by atoms with Gasteiger partial charge >= 0.3 is 0 Å². The number of rotatable bonds is 3. The van der Waals surface area contributed by atoms with E-state index in [4.69, 9.17) is 16.3 Å². The summed E-state index contributed by atoms with van der Waals surface area (Å²) in [6.07, 6.45) is 1.07. The molecule has 0 amide bonds. The Hall–Kier alpha value is -1.58. The van der Waals surface area contributed by atoms with Crippen molar-refractivity contribution in [3.63, 3.8) is 0 Å². The number of aryl methyl sites for hydroxylation is 1. The third kappa shape index (κ3) is 3.00. The summed E-state index contributed by atoms with van der Waals surface area (Å²) in [4.78, 5) is 4.11. The molecule has 2 aromatic rings. The molecule has 0 bridgehead atoms. The van der Waals surface area contributed by atoms with E-state index in [1.807, 2.05) is 13.0 Å². The van der Waals surface area contributed by atoms with Crippen molar-refractivity contribution >= 4 is 11.6 Å². The number of benzene rings is 1. The van der Waals surface area contributed by atoms with Gasteiger partial charge in [0.25, 0.3) is 0 Å². The molecule has 0 radical (unpaired) electrons. The van der Waals surface area contributed by atoms with Gasteiger partial charge in [-0.15, -0.1) is 0 Å². The quantitative estimate of drug-likeness (QED) is 0.914. The van der Waals surface area contributed by atoms with E-state index < -0.39 is 6.10 Å². The molecule has 2 rings (SSSR count). The van der Waals surface area contributed by atoms with Crippen LogP contribution in [0, 0.1) is 6.92 Å². The highest BCUT2D eigenvalue weighted by Gasteiger charge is 2.06. The monoisotopic (exact) mass is 263 g/mol. The number of pyridine rings is 1. The summed E-state index contributed by atoms with van der Waals surface area (Å²) in [6.45, 7) is 3.62. The van der Waals surface area contributed by atoms with E-state index in [2.05, 4.69) is 4.98 Å². The largest absolute Gasteiger partial charge is 0.439 e. The van der Waals surface area contributed by atoms with Crippen molar-refractivity contribution in [3.05, 3.63) is 52.7 Å². The molecule has 1 atom stereocenters. The van der Waals surface area contributed by atoms with Crippen LogP contribution in [0.3, 0.4) is 0 Å². The summed E-state index contributed by atoms with van der Waals surface area (Å²) in [5.41, 5.74) is 1.71. The summed E-state index contributed by atoms with van der Waals surface area (Å²) in [5.74, 6) is 1.16. The van der Waals surface area contributed by atoms with Crippen molar-refractivity contribution in [3.8, 4) is 11.6 Å². The fourth-order valence-electron chi connectivity index (χ4n) is 1.58. The first kappa shape index (κ1) is 12.9. The van der Waals surface area contributed by atoms with Gasteiger partial charge in [0.15, 0.2) is 0 Å². The Bertz CT molecular complexity index is 555. The Morgan fingerprint density at radius 1 is 1.28 bits per heavy atom. The standard InChI is InChI=1S/C14H14ClNO2/c1-9-7-12(15)3-4-13(9)18-14-8-11(10(2)17)5-6-16-14/h3-8,10,17H,1-2H3. The molecule has 0 fully saturated rings. The highest BCUT2D eigenvalue weighted by atomic mass is 35.5. The van der Waals surface area contributed by atoms with E-state index in [-0.39, 0.29) is 0 Å². The predicted octanol–water partition coefficient (Wildman–Crippen LogP) is 3.89. The molecule has 3 nitrogen and oxygen atoms in total. The second-order valence-electron chi connectivity index (χ2n) is 4.12. The summed E-state index contributed by atoms with van der Waals surface area (Å²) >= 11 is 5.88. The lowest BCUT2D eigenvalue weighted by molar-refractivity contribution is 0.198. The fourth-order valence-corrected chi connectivity index (χ4v) is 1.81. The van der Waals surface area contributed by atoms with E-state index in [0.717, 1.165) is 11.1 Å². The molecule has 1 N–H and O–H groups in total. The lowest BCUT2D eigenvalue weighted by Gasteiger charge is -2.10. The maximum absolute atomic E-state index is 9.50. The van der Waals surface area contributed by atoms with Crippen molar-refractivity contribution in [2.45, 2.75) is 20.0 Å². The molecular formula is C14H14ClNO2. The number of aromatic nitrogens is 1. The molecule has 1 heterocycles. The van der Waals surface area contributed by atoms with E-state index >= 15 is 0 Å². The third-order valence-electron chi connectivity index (χ3n) is 2.59. The highest BCUT2D eigenvalue weighted by Crippen LogP contribution is 2.27. The maximum Gasteiger partial charge on any atom is 0.219 e. The zero-order valence-corrected chi connectivity index (χ0v) is 11.0. The van der Waals surface area contributed by atoms with Gasteiger partial charge in [0.1, 0.15) is 5.75 Å². The Morgan fingerprint density at radius 3 is 2.72 bits per heavy atom. The SMILES string of the molecule is Cc1cc(Cl)ccc1Oc1cc(C(C)O)ccn1. The normalized spacial score (nSPS) is 12.2. The molecule has 0 saturated carbocycles. The number of aliphatic hydroxyl groups is 1. The topological polar surface area (TPSA) is 42.4 Å². The van der Waals surface area contributed by atoms with Gasteiger partial charge in [0, 0.05) is 17.3 Å². The molecule has 0 saturated heterocycles. The summed E-state index contributed by atoms with van der Waals surface area (Å²) in [5, 5.41) is 10.2. The van der Waals surface area contributed by atoms with Crippen LogP contribution in [0.2, 0.25) is 5.02 Å². The van der Waals surface area contributed by atoms with E-state index in [1.54, 1.807) is 37.4 Å². The molecule has 0 aliphatic heterocycles. The van der Waals surface area contributed by atoms with Gasteiger partial charge in [0.05, 0.1) is 6.10 Å². The van der Waals surface area contributed by atoms with Gasteiger partial charge in [-0.25, -0.2) is 4.98 Å². The van der Waals surface area contributed by atoms with Crippen molar-refractivity contribution in [1.29, 1.82) is 0 Å². The van der Waals surface area contributed by atoms with Crippen LogP contribution in [-0.4, -0.2) is 10.1 Å². The molecule has 1 aromatic carbocycles. The zero-order valence-electron chi connectivity index (χ0n) is 10.2. The summed E-state index contributed by atoms with van der Waals surface area (Å²) in [6, 6.07) is 8.87. The van der Waals surface area contributed by atoms with Crippen LogP contribution in [0.5, 0.6) is 11.6 Å². The van der Waals surface area contributed by atoms with E-state index in [0.29, 0.717) is 16.7 Å². The van der Waals surface area contributed by atoms with Crippen LogP contribution >= 0.6 is 11.6 Å². The van der Waals surface area contributed by atoms with Crippen molar-refractivity contribution in [2.24, 2.45) is 0 Å². The lowest BCUT2D eigenvalue weighted by atomic mass is 10.2. The van der Waals surface area contributed by atoms with Crippen LogP contribution < -0.4 is 4.74 Å². The highest BCUT2D eigenvalue weighted by molar-refractivity contribution is 6.30. The maximum atomic E-state index is 9.50. The first-order valence-corrected chi connectivity index (χ1v) is 6.02. The van der Waals surface area contributed by atoms with Gasteiger partial charge < -0.3 is 9.84 Å². The molecule has 94 valence electrons. The van der Waals surface area contributed by atoms with Crippen LogP contribution in [-0.2, 0) is 0 Å². The lowest BCUT2D eigenvalue weighted by Crippen LogP contribution is -1.95. The molecule has 0 aliphatic rings. The van der Waals surface area contributed by atoms with Crippen molar-refractivity contribution in [1.82, 2.24) is 4.98 Å². The van der Waals surface area contributed by atoms with E-state index in [1.165, 1.54) is 0 Å². The Morgan fingerprint density at radius 2 is 2.06 bits per heavy atom. The molecule has 0 aliphatic carbocycles. The average Bonchev–Trinajstić information content (AvgIpc) is 2.33. The molecule has 4 heteroatoms. The van der Waals surface area contributed by atoms with Gasteiger partial charge in [-0.1, -0.05) is 11.6 Å². The zero-order chi connectivity index (χ0) is 13.1. The number of hydrogen-bond donors (Lipinski definition) is 1. The molecular weight excluding hydrogens is 250 g/mol. The first-order valence-electron chi connectivity index (χ1n) is 5.64. The van der Waals surface area contributed by atoms with Crippen molar-refractivity contribution < 1.29 is 9.84 Å².